The average molecular weight is 226 g/mol. The van der Waals surface area contributed by atoms with E-state index in [0.717, 1.165) is 4.90 Å². The van der Waals surface area contributed by atoms with Crippen LogP contribution in [0.25, 0.3) is 0 Å². The summed E-state index contributed by atoms with van der Waals surface area (Å²) in [4.78, 5) is 0.776. The summed E-state index contributed by atoms with van der Waals surface area (Å²) >= 11 is 0. The molecular weight excluding hydrogens is 208 g/mol. The first-order valence-electron chi connectivity index (χ1n) is 5.09. The van der Waals surface area contributed by atoms with E-state index in [9.17, 15) is 9.32 Å². The Bertz CT molecular complexity index is 331. The van der Waals surface area contributed by atoms with Crippen LogP contribution in [0.1, 0.15) is 20.8 Å². The molecule has 0 radical (unpaired) electrons. The minimum absolute atomic E-state index is 0.102. The van der Waals surface area contributed by atoms with Crippen LogP contribution >= 0.6 is 0 Å². The summed E-state index contributed by atoms with van der Waals surface area (Å²) in [6.45, 7) is 5.60. The Balaban J connectivity index is 2.73. The van der Waals surface area contributed by atoms with Crippen molar-refractivity contribution in [3.8, 4) is 0 Å². The molecule has 1 aromatic rings. The Labute approximate surface area is 93.8 Å². The van der Waals surface area contributed by atoms with Gasteiger partial charge in [0.25, 0.3) is 0 Å². The lowest BCUT2D eigenvalue weighted by molar-refractivity contribution is 0.0368. The van der Waals surface area contributed by atoms with Crippen molar-refractivity contribution in [1.82, 2.24) is 0 Å². The van der Waals surface area contributed by atoms with Crippen molar-refractivity contribution in [2.24, 2.45) is 5.92 Å². The molecule has 1 aromatic carbocycles. The molecule has 2 unspecified atom stereocenters. The molecule has 2 nitrogen and oxygen atoms in total. The second-order valence-corrected chi connectivity index (χ2v) is 5.77. The van der Waals surface area contributed by atoms with Crippen molar-refractivity contribution in [2.75, 3.05) is 5.75 Å². The molecular formula is C12H18O2S. The number of benzene rings is 1. The third-order valence-electron chi connectivity index (χ3n) is 2.67. The molecule has 0 saturated carbocycles. The van der Waals surface area contributed by atoms with Crippen molar-refractivity contribution < 1.29 is 9.32 Å². The van der Waals surface area contributed by atoms with Gasteiger partial charge in [0, 0.05) is 4.90 Å². The van der Waals surface area contributed by atoms with E-state index in [1.54, 1.807) is 6.92 Å². The van der Waals surface area contributed by atoms with E-state index < -0.39 is 16.4 Å². The first-order chi connectivity index (χ1) is 6.93. The van der Waals surface area contributed by atoms with Crippen molar-refractivity contribution >= 4 is 10.8 Å². The third-order valence-corrected chi connectivity index (χ3v) is 4.32. The van der Waals surface area contributed by atoms with Gasteiger partial charge in [-0.05, 0) is 25.0 Å². The summed E-state index contributed by atoms with van der Waals surface area (Å²) in [5.41, 5.74) is -0.874. The molecule has 0 aliphatic rings. The number of hydrogen-bond acceptors (Lipinski definition) is 2. The zero-order valence-corrected chi connectivity index (χ0v) is 10.3. The van der Waals surface area contributed by atoms with Crippen LogP contribution in [0.3, 0.4) is 0 Å². The summed E-state index contributed by atoms with van der Waals surface area (Å²) in [5, 5.41) is 10.0. The van der Waals surface area contributed by atoms with E-state index in [-0.39, 0.29) is 11.7 Å². The monoisotopic (exact) mass is 226 g/mol. The fourth-order valence-corrected chi connectivity index (χ4v) is 2.58. The zero-order chi connectivity index (χ0) is 11.5. The van der Waals surface area contributed by atoms with Crippen LogP contribution < -0.4 is 0 Å². The predicted molar refractivity (Wildman–Crippen MR) is 63.2 cm³/mol. The highest BCUT2D eigenvalue weighted by Gasteiger charge is 2.27. The normalized spacial score (nSPS) is 17.4. The lowest BCUT2D eigenvalue weighted by atomic mass is 9.95. The van der Waals surface area contributed by atoms with Crippen LogP contribution in [-0.4, -0.2) is 20.7 Å². The Morgan fingerprint density at radius 2 is 1.87 bits per heavy atom. The predicted octanol–water partition coefficient (Wildman–Crippen LogP) is 2.20. The van der Waals surface area contributed by atoms with Crippen LogP contribution in [0.15, 0.2) is 35.2 Å². The molecule has 2 atom stereocenters. The standard InChI is InChI=1S/C12H18O2S/c1-10(2)12(3,13)9-15(14)11-7-5-4-6-8-11/h4-8,10,13H,9H2,1-3H3. The van der Waals surface area contributed by atoms with Crippen molar-refractivity contribution in [1.29, 1.82) is 0 Å². The zero-order valence-electron chi connectivity index (χ0n) is 9.43. The summed E-state index contributed by atoms with van der Waals surface area (Å²) in [7, 11) is -1.12. The van der Waals surface area contributed by atoms with Gasteiger partial charge in [0.15, 0.2) is 0 Å². The Hall–Kier alpha value is -0.670. The van der Waals surface area contributed by atoms with E-state index in [2.05, 4.69) is 0 Å². The molecule has 0 bridgehead atoms. The summed E-state index contributed by atoms with van der Waals surface area (Å²) in [5.74, 6) is 0.388. The second kappa shape index (κ2) is 4.90. The molecule has 1 rings (SSSR count). The lowest BCUT2D eigenvalue weighted by Gasteiger charge is -2.26. The maximum atomic E-state index is 11.9. The van der Waals surface area contributed by atoms with Gasteiger partial charge in [-0.25, -0.2) is 0 Å². The molecule has 1 N–H and O–H groups in total. The largest absolute Gasteiger partial charge is 0.389 e. The van der Waals surface area contributed by atoms with Gasteiger partial charge in [0.1, 0.15) is 0 Å². The van der Waals surface area contributed by atoms with Gasteiger partial charge in [0.05, 0.1) is 22.2 Å². The Morgan fingerprint density at radius 3 is 2.33 bits per heavy atom. The average Bonchev–Trinajstić information content (AvgIpc) is 2.18. The second-order valence-electron chi connectivity index (χ2n) is 4.31. The fraction of sp³-hybridized carbons (Fsp3) is 0.500. The highest BCUT2D eigenvalue weighted by Crippen LogP contribution is 2.20. The maximum Gasteiger partial charge on any atom is 0.0760 e. The summed E-state index contributed by atoms with van der Waals surface area (Å²) in [6, 6.07) is 9.26. The van der Waals surface area contributed by atoms with E-state index in [1.807, 2.05) is 44.2 Å². The first-order valence-corrected chi connectivity index (χ1v) is 6.41. The van der Waals surface area contributed by atoms with E-state index in [4.69, 9.17) is 0 Å². The molecule has 0 amide bonds. The molecule has 84 valence electrons. The van der Waals surface area contributed by atoms with Gasteiger partial charge in [-0.1, -0.05) is 32.0 Å². The van der Waals surface area contributed by atoms with Gasteiger partial charge in [0.2, 0.25) is 0 Å². The molecule has 0 aliphatic carbocycles. The van der Waals surface area contributed by atoms with Crippen LogP contribution in [-0.2, 0) is 10.8 Å². The van der Waals surface area contributed by atoms with Crippen LogP contribution in [0.2, 0.25) is 0 Å². The van der Waals surface area contributed by atoms with Gasteiger partial charge >= 0.3 is 0 Å². The molecule has 0 aromatic heterocycles. The lowest BCUT2D eigenvalue weighted by Crippen LogP contribution is -2.37. The van der Waals surface area contributed by atoms with Crippen LogP contribution in [0, 0.1) is 5.92 Å². The molecule has 0 aliphatic heterocycles. The Morgan fingerprint density at radius 1 is 1.33 bits per heavy atom. The van der Waals surface area contributed by atoms with Gasteiger partial charge in [-0.2, -0.15) is 0 Å². The minimum Gasteiger partial charge on any atom is -0.389 e. The van der Waals surface area contributed by atoms with Crippen LogP contribution in [0.4, 0.5) is 0 Å². The van der Waals surface area contributed by atoms with Crippen molar-refractivity contribution in [3.05, 3.63) is 30.3 Å². The molecule has 0 saturated heterocycles. The third kappa shape index (κ3) is 3.43. The smallest absolute Gasteiger partial charge is 0.0760 e. The molecule has 0 heterocycles. The summed E-state index contributed by atoms with van der Waals surface area (Å²) in [6.07, 6.45) is 0. The number of aliphatic hydroxyl groups is 1. The first kappa shape index (κ1) is 12.4. The molecule has 0 fully saturated rings. The van der Waals surface area contributed by atoms with Crippen molar-refractivity contribution in [2.45, 2.75) is 31.3 Å². The van der Waals surface area contributed by atoms with E-state index in [1.165, 1.54) is 0 Å². The number of rotatable bonds is 4. The van der Waals surface area contributed by atoms with Gasteiger partial charge < -0.3 is 5.11 Å². The minimum atomic E-state index is -1.12. The van der Waals surface area contributed by atoms with Gasteiger partial charge in [-0.15, -0.1) is 0 Å². The van der Waals surface area contributed by atoms with E-state index in [0.29, 0.717) is 0 Å². The molecule has 3 heteroatoms. The SMILES string of the molecule is CC(C)C(C)(O)CS(=O)c1ccccc1. The number of hydrogen-bond donors (Lipinski definition) is 1. The van der Waals surface area contributed by atoms with Crippen molar-refractivity contribution in [3.63, 3.8) is 0 Å². The van der Waals surface area contributed by atoms with Gasteiger partial charge in [-0.3, -0.25) is 4.21 Å². The highest BCUT2D eigenvalue weighted by atomic mass is 32.2. The maximum absolute atomic E-state index is 11.9. The van der Waals surface area contributed by atoms with Crippen LogP contribution in [0.5, 0.6) is 0 Å². The highest BCUT2D eigenvalue weighted by molar-refractivity contribution is 7.85. The quantitative estimate of drug-likeness (QED) is 0.854. The molecule has 15 heavy (non-hydrogen) atoms. The topological polar surface area (TPSA) is 37.3 Å². The van der Waals surface area contributed by atoms with E-state index >= 15 is 0 Å². The fourth-order valence-electron chi connectivity index (χ4n) is 1.09. The Kier molecular flexibility index (Phi) is 4.05. The summed E-state index contributed by atoms with van der Waals surface area (Å²) < 4.78 is 11.9. The molecule has 0 spiro atoms.